The van der Waals surface area contributed by atoms with E-state index in [2.05, 4.69) is 4.72 Å². The summed E-state index contributed by atoms with van der Waals surface area (Å²) in [6.07, 6.45) is -1.05. The lowest BCUT2D eigenvalue weighted by atomic mass is 10.1. The highest BCUT2D eigenvalue weighted by Crippen LogP contribution is 2.32. The fourth-order valence-corrected chi connectivity index (χ4v) is 5.22. The highest BCUT2D eigenvalue weighted by molar-refractivity contribution is 7.90. The van der Waals surface area contributed by atoms with Crippen molar-refractivity contribution in [2.24, 2.45) is 11.7 Å². The summed E-state index contributed by atoms with van der Waals surface area (Å²) in [5.41, 5.74) is 5.64. The van der Waals surface area contributed by atoms with Gasteiger partial charge in [0.15, 0.2) is 5.82 Å². The minimum atomic E-state index is -4.13. The number of benzene rings is 2. The van der Waals surface area contributed by atoms with E-state index in [0.717, 1.165) is 4.31 Å². The molecule has 3 N–H and O–H groups in total. The molecule has 1 unspecified atom stereocenters. The van der Waals surface area contributed by atoms with Crippen molar-refractivity contribution in [3.8, 4) is 11.5 Å². The predicted molar refractivity (Wildman–Crippen MR) is 129 cm³/mol. The molecule has 0 spiro atoms. The Labute approximate surface area is 212 Å². The van der Waals surface area contributed by atoms with Gasteiger partial charge in [0.1, 0.15) is 11.5 Å². The number of amides is 3. The highest BCUT2D eigenvalue weighted by Gasteiger charge is 2.35. The van der Waals surface area contributed by atoms with Gasteiger partial charge in [-0.15, -0.1) is 0 Å². The Morgan fingerprint density at radius 1 is 1.27 bits per heavy atom. The zero-order chi connectivity index (χ0) is 26.9. The number of fused-ring (bicyclic) bond motifs is 1. The number of nitrogens with one attached hydrogen (secondary N) is 1. The third-order valence-corrected chi connectivity index (χ3v) is 7.49. The zero-order valence-electron chi connectivity index (χ0n) is 20.1. The van der Waals surface area contributed by atoms with Gasteiger partial charge >= 0.3 is 22.4 Å². The van der Waals surface area contributed by atoms with Crippen molar-refractivity contribution in [3.05, 3.63) is 53.3 Å². The van der Waals surface area contributed by atoms with Crippen molar-refractivity contribution in [3.63, 3.8) is 0 Å². The summed E-state index contributed by atoms with van der Waals surface area (Å²) in [5, 5.41) is 0. The molecule has 198 valence electrons. The molecule has 1 fully saturated rings. The van der Waals surface area contributed by atoms with E-state index in [1.165, 1.54) is 48.2 Å². The first-order chi connectivity index (χ1) is 17.4. The van der Waals surface area contributed by atoms with Crippen molar-refractivity contribution in [2.45, 2.75) is 19.5 Å². The lowest BCUT2D eigenvalue weighted by Gasteiger charge is -2.28. The Balaban J connectivity index is 1.46. The molecule has 2 aliphatic heterocycles. The van der Waals surface area contributed by atoms with Gasteiger partial charge < -0.3 is 20.1 Å². The average Bonchev–Trinajstić information content (AvgIpc) is 3.34. The Morgan fingerprint density at radius 3 is 2.70 bits per heavy atom. The average molecular weight is 536 g/mol. The molecule has 0 radical (unpaired) electrons. The van der Waals surface area contributed by atoms with E-state index in [-0.39, 0.29) is 55.3 Å². The second-order valence-corrected chi connectivity index (χ2v) is 10.6. The first-order valence-corrected chi connectivity index (χ1v) is 12.7. The minimum absolute atomic E-state index is 0.0635. The number of ether oxygens (including phenoxy) is 2. The summed E-state index contributed by atoms with van der Waals surface area (Å²) in [4.78, 5) is 38.2. The van der Waals surface area contributed by atoms with Crippen molar-refractivity contribution in [1.29, 1.82) is 0 Å². The van der Waals surface area contributed by atoms with E-state index in [9.17, 15) is 22.8 Å². The van der Waals surface area contributed by atoms with Gasteiger partial charge in [0.05, 0.1) is 24.7 Å². The summed E-state index contributed by atoms with van der Waals surface area (Å²) >= 11 is 0. The number of rotatable bonds is 7. The van der Waals surface area contributed by atoms with Crippen LogP contribution < -0.4 is 19.9 Å². The van der Waals surface area contributed by atoms with Crippen LogP contribution in [0.1, 0.15) is 17.5 Å². The molecule has 2 heterocycles. The van der Waals surface area contributed by atoms with Crippen LogP contribution in [-0.4, -0.2) is 67.8 Å². The van der Waals surface area contributed by atoms with Crippen molar-refractivity contribution < 1.29 is 36.7 Å². The molecule has 0 aromatic heterocycles. The van der Waals surface area contributed by atoms with Crippen LogP contribution in [0, 0.1) is 11.7 Å². The number of carbonyl (C=O) groups is 3. The first kappa shape index (κ1) is 26.2. The predicted octanol–water partition coefficient (Wildman–Crippen LogP) is 1.86. The largest absolute Gasteiger partial charge is 0.415 e. The number of primary amides is 1. The van der Waals surface area contributed by atoms with Crippen LogP contribution in [0.2, 0.25) is 0 Å². The molecule has 1 saturated heterocycles. The Hall–Kier alpha value is -3.91. The molecule has 1 atom stereocenters. The van der Waals surface area contributed by atoms with Gasteiger partial charge in [-0.05, 0) is 24.6 Å². The molecule has 2 aromatic carbocycles. The zero-order valence-corrected chi connectivity index (χ0v) is 21.0. The van der Waals surface area contributed by atoms with E-state index in [1.54, 1.807) is 12.1 Å². The normalized spacial score (nSPS) is 17.6. The van der Waals surface area contributed by atoms with Gasteiger partial charge in [0, 0.05) is 44.4 Å². The van der Waals surface area contributed by atoms with Crippen LogP contribution in [0.15, 0.2) is 36.4 Å². The van der Waals surface area contributed by atoms with Crippen LogP contribution in [-0.2, 0) is 28.1 Å². The van der Waals surface area contributed by atoms with E-state index < -0.39 is 40.0 Å². The second kappa shape index (κ2) is 10.2. The van der Waals surface area contributed by atoms with E-state index >= 15 is 4.39 Å². The van der Waals surface area contributed by atoms with Gasteiger partial charge in [-0.25, -0.2) is 14.0 Å². The molecule has 2 aromatic rings. The maximum atomic E-state index is 15.3. The van der Waals surface area contributed by atoms with Crippen molar-refractivity contribution in [2.75, 3.05) is 31.9 Å². The number of hydrogen-bond acceptors (Lipinski definition) is 7. The molecule has 0 bridgehead atoms. The number of hydrogen-bond donors (Lipinski definition) is 2. The summed E-state index contributed by atoms with van der Waals surface area (Å²) in [5.74, 6) is -1.62. The van der Waals surface area contributed by atoms with Gasteiger partial charge in [-0.3, -0.25) is 14.4 Å². The van der Waals surface area contributed by atoms with Crippen molar-refractivity contribution in [1.82, 2.24) is 14.1 Å². The number of nitrogens with two attached hydrogens (primary N) is 1. The highest BCUT2D eigenvalue weighted by atomic mass is 32.2. The first-order valence-electron chi connectivity index (χ1n) is 11.3. The SMILES string of the molecule is CN(C)C(=O)Oc1ccc2c(c1)OC(=O)N(Cc1cccc(NS(=O)(=O)N3CCC(C(N)=O)C3)c1F)C2. The molecular formula is C23H26FN5O7S. The molecule has 0 saturated carbocycles. The summed E-state index contributed by atoms with van der Waals surface area (Å²) in [6.45, 7) is -0.0986. The van der Waals surface area contributed by atoms with Crippen LogP contribution >= 0.6 is 0 Å². The monoisotopic (exact) mass is 535 g/mol. The lowest BCUT2D eigenvalue weighted by molar-refractivity contribution is -0.121. The molecule has 12 nitrogen and oxygen atoms in total. The maximum Gasteiger partial charge on any atom is 0.415 e. The smallest absolute Gasteiger partial charge is 0.410 e. The second-order valence-electron chi connectivity index (χ2n) is 8.89. The molecule has 37 heavy (non-hydrogen) atoms. The summed E-state index contributed by atoms with van der Waals surface area (Å²) in [6, 6.07) is 8.75. The van der Waals surface area contributed by atoms with Crippen LogP contribution in [0.25, 0.3) is 0 Å². The lowest BCUT2D eigenvalue weighted by Crippen LogP contribution is -2.37. The van der Waals surface area contributed by atoms with E-state index in [1.807, 2.05) is 0 Å². The fourth-order valence-electron chi connectivity index (χ4n) is 3.93. The summed E-state index contributed by atoms with van der Waals surface area (Å²) in [7, 11) is -1.07. The van der Waals surface area contributed by atoms with E-state index in [0.29, 0.717) is 5.56 Å². The van der Waals surface area contributed by atoms with Crippen LogP contribution in [0.3, 0.4) is 0 Å². The molecule has 14 heteroatoms. The number of halogens is 1. The molecule has 0 aliphatic carbocycles. The number of carbonyl (C=O) groups excluding carboxylic acids is 3. The van der Waals surface area contributed by atoms with Crippen molar-refractivity contribution >= 4 is 34.0 Å². The molecule has 3 amide bonds. The van der Waals surface area contributed by atoms with Gasteiger partial charge in [-0.2, -0.15) is 12.7 Å². The Bertz CT molecular complexity index is 1350. The van der Waals surface area contributed by atoms with Crippen LogP contribution in [0.4, 0.5) is 19.7 Å². The van der Waals surface area contributed by atoms with E-state index in [4.69, 9.17) is 15.2 Å². The standard InChI is InChI=1S/C23H26FN5O7S/c1-27(2)22(31)35-17-7-6-14-11-28(23(32)36-19(14)10-17)12-15-4-3-5-18(20(15)24)26-37(33,34)29-9-8-16(13-29)21(25)30/h3-7,10,16,26H,8-9,11-13H2,1-2H3,(H2,25,30). The topological polar surface area (TPSA) is 152 Å². The van der Waals surface area contributed by atoms with Gasteiger partial charge in [0.2, 0.25) is 5.91 Å². The molecular weight excluding hydrogens is 509 g/mol. The third kappa shape index (κ3) is 5.75. The minimum Gasteiger partial charge on any atom is -0.410 e. The number of anilines is 1. The third-order valence-electron chi connectivity index (χ3n) is 6.00. The van der Waals surface area contributed by atoms with Gasteiger partial charge in [-0.1, -0.05) is 12.1 Å². The quantitative estimate of drug-likeness (QED) is 0.549. The van der Waals surface area contributed by atoms with Crippen LogP contribution in [0.5, 0.6) is 11.5 Å². The Kier molecular flexibility index (Phi) is 7.23. The Morgan fingerprint density at radius 2 is 2.03 bits per heavy atom. The fraction of sp³-hybridized carbons (Fsp3) is 0.348. The molecule has 2 aliphatic rings. The molecule has 4 rings (SSSR count). The maximum absolute atomic E-state index is 15.3. The number of nitrogens with zero attached hydrogens (tertiary/aromatic N) is 3. The summed E-state index contributed by atoms with van der Waals surface area (Å²) < 4.78 is 54.5. The van der Waals surface area contributed by atoms with Gasteiger partial charge in [0.25, 0.3) is 0 Å².